The van der Waals surface area contributed by atoms with Gasteiger partial charge in [-0.1, -0.05) is 6.07 Å². The fourth-order valence-electron chi connectivity index (χ4n) is 2.86. The van der Waals surface area contributed by atoms with E-state index < -0.39 is 5.91 Å². The lowest BCUT2D eigenvalue weighted by atomic mass is 10.2. The predicted octanol–water partition coefficient (Wildman–Crippen LogP) is 3.37. The van der Waals surface area contributed by atoms with Gasteiger partial charge >= 0.3 is 0 Å². The van der Waals surface area contributed by atoms with Crippen LogP contribution in [-0.4, -0.2) is 38.1 Å². The number of benzene rings is 1. The third kappa shape index (κ3) is 4.73. The molecule has 0 atom stereocenters. The standard InChI is InChI=1S/C23H19N7O2/c1-17-4-9-21(27-14-17)28-22(31)18-5-7-19(8-6-18)30(29-13-3-2-10-25-16-29)23(32)20-15-24-11-12-26-20/h2-16H,1H3,(H,27,28,31). The first-order valence-corrected chi connectivity index (χ1v) is 9.71. The normalized spacial score (nSPS) is 12.3. The summed E-state index contributed by atoms with van der Waals surface area (Å²) in [6.07, 6.45) is 14.3. The minimum absolute atomic E-state index is 0.166. The van der Waals surface area contributed by atoms with E-state index in [4.69, 9.17) is 0 Å². The van der Waals surface area contributed by atoms with Gasteiger partial charge in [0, 0.05) is 36.6 Å². The molecule has 0 fully saturated rings. The van der Waals surface area contributed by atoms with Gasteiger partial charge in [0.05, 0.1) is 11.9 Å². The molecule has 2 amide bonds. The number of allylic oxidation sites excluding steroid dienone is 2. The van der Waals surface area contributed by atoms with Crippen molar-refractivity contribution >= 4 is 29.7 Å². The molecule has 3 aromatic rings. The van der Waals surface area contributed by atoms with Gasteiger partial charge < -0.3 is 5.32 Å². The van der Waals surface area contributed by atoms with Crippen LogP contribution >= 0.6 is 0 Å². The van der Waals surface area contributed by atoms with Crippen LogP contribution in [-0.2, 0) is 0 Å². The van der Waals surface area contributed by atoms with Gasteiger partial charge in [-0.05, 0) is 55.0 Å². The maximum atomic E-state index is 13.2. The number of amides is 2. The van der Waals surface area contributed by atoms with Gasteiger partial charge in [0.2, 0.25) is 0 Å². The smallest absolute Gasteiger partial charge is 0.297 e. The number of aryl methyl sites for hydroxylation is 1. The monoisotopic (exact) mass is 425 g/mol. The van der Waals surface area contributed by atoms with Crippen LogP contribution < -0.4 is 10.3 Å². The summed E-state index contributed by atoms with van der Waals surface area (Å²) < 4.78 is 0. The van der Waals surface area contributed by atoms with Crippen molar-refractivity contribution in [2.24, 2.45) is 4.99 Å². The lowest BCUT2D eigenvalue weighted by Gasteiger charge is -2.30. The van der Waals surface area contributed by atoms with Crippen LogP contribution in [0.15, 0.2) is 90.7 Å². The highest BCUT2D eigenvalue weighted by Gasteiger charge is 2.24. The van der Waals surface area contributed by atoms with Crippen LogP contribution in [0.2, 0.25) is 0 Å². The molecule has 158 valence electrons. The second-order valence-corrected chi connectivity index (χ2v) is 6.76. The highest BCUT2D eigenvalue weighted by atomic mass is 16.2. The largest absolute Gasteiger partial charge is 0.307 e. The zero-order valence-corrected chi connectivity index (χ0v) is 17.2. The first-order chi connectivity index (χ1) is 15.6. The van der Waals surface area contributed by atoms with Gasteiger partial charge in [0.1, 0.15) is 17.9 Å². The summed E-state index contributed by atoms with van der Waals surface area (Å²) in [7, 11) is 0. The van der Waals surface area contributed by atoms with Crippen molar-refractivity contribution in [2.45, 2.75) is 6.92 Å². The Morgan fingerprint density at radius 1 is 0.969 bits per heavy atom. The number of hydrogen-bond acceptors (Lipinski definition) is 7. The Hall–Kier alpha value is -4.66. The molecule has 1 aliphatic rings. The van der Waals surface area contributed by atoms with E-state index in [-0.39, 0.29) is 11.6 Å². The highest BCUT2D eigenvalue weighted by molar-refractivity contribution is 6.06. The first-order valence-electron chi connectivity index (χ1n) is 9.71. The van der Waals surface area contributed by atoms with Crippen molar-refractivity contribution in [3.63, 3.8) is 0 Å². The van der Waals surface area contributed by atoms with E-state index in [9.17, 15) is 9.59 Å². The molecule has 2 aromatic heterocycles. The van der Waals surface area contributed by atoms with Gasteiger partial charge in [0.15, 0.2) is 0 Å². The Balaban J connectivity index is 1.60. The second kappa shape index (κ2) is 9.43. The van der Waals surface area contributed by atoms with Crippen molar-refractivity contribution in [3.05, 3.63) is 103 Å². The molecule has 0 spiro atoms. The third-order valence-electron chi connectivity index (χ3n) is 4.44. The SMILES string of the molecule is Cc1ccc(NC(=O)c2ccc(N(C(=O)c3cnccn3)N3C=CC=CN=C3)cc2)nc1. The lowest BCUT2D eigenvalue weighted by molar-refractivity contribution is 0.0948. The van der Waals surface area contributed by atoms with Gasteiger partial charge in [-0.2, -0.15) is 0 Å². The summed E-state index contributed by atoms with van der Waals surface area (Å²) in [5, 5.41) is 5.67. The summed E-state index contributed by atoms with van der Waals surface area (Å²) in [5.74, 6) is -0.250. The maximum absolute atomic E-state index is 13.2. The zero-order valence-electron chi connectivity index (χ0n) is 17.2. The number of hydrogen-bond donors (Lipinski definition) is 1. The number of aliphatic imine (C=N–C) groups is 1. The summed E-state index contributed by atoms with van der Waals surface area (Å²) in [6, 6.07) is 10.2. The molecule has 0 unspecified atom stereocenters. The predicted molar refractivity (Wildman–Crippen MR) is 121 cm³/mol. The minimum atomic E-state index is -0.405. The molecule has 1 aromatic carbocycles. The fourth-order valence-corrected chi connectivity index (χ4v) is 2.86. The number of aromatic nitrogens is 3. The average Bonchev–Trinajstić information content (AvgIpc) is 3.11. The van der Waals surface area contributed by atoms with Crippen molar-refractivity contribution in [2.75, 3.05) is 10.3 Å². The van der Waals surface area contributed by atoms with Crippen LogP contribution in [0.3, 0.4) is 0 Å². The summed E-state index contributed by atoms with van der Waals surface area (Å²) >= 11 is 0. The molecule has 4 rings (SSSR count). The number of carbonyl (C=O) groups is 2. The molecule has 3 heterocycles. The Bertz CT molecular complexity index is 1170. The summed E-state index contributed by atoms with van der Waals surface area (Å²) in [6.45, 7) is 1.92. The summed E-state index contributed by atoms with van der Waals surface area (Å²) in [5.41, 5.74) is 2.11. The molecule has 0 saturated carbocycles. The van der Waals surface area contributed by atoms with E-state index in [0.717, 1.165) is 5.56 Å². The van der Waals surface area contributed by atoms with Gasteiger partial charge in [-0.3, -0.25) is 14.6 Å². The Labute approximate surface area is 184 Å². The number of carbonyl (C=O) groups excluding carboxylic acids is 2. The highest BCUT2D eigenvalue weighted by Crippen LogP contribution is 2.21. The zero-order chi connectivity index (χ0) is 22.3. The van der Waals surface area contributed by atoms with Crippen molar-refractivity contribution in [1.29, 1.82) is 0 Å². The van der Waals surface area contributed by atoms with Crippen molar-refractivity contribution in [3.8, 4) is 0 Å². The van der Waals surface area contributed by atoms with Crippen LogP contribution in [0.4, 0.5) is 11.5 Å². The van der Waals surface area contributed by atoms with E-state index >= 15 is 0 Å². The van der Waals surface area contributed by atoms with Crippen LogP contribution in [0, 0.1) is 6.92 Å². The number of rotatable bonds is 5. The fraction of sp³-hybridized carbons (Fsp3) is 0.0435. The Morgan fingerprint density at radius 2 is 1.81 bits per heavy atom. The Morgan fingerprint density at radius 3 is 2.53 bits per heavy atom. The molecule has 32 heavy (non-hydrogen) atoms. The lowest BCUT2D eigenvalue weighted by Crippen LogP contribution is -2.43. The van der Waals surface area contributed by atoms with E-state index in [2.05, 4.69) is 25.3 Å². The van der Waals surface area contributed by atoms with E-state index in [1.165, 1.54) is 34.9 Å². The number of anilines is 2. The van der Waals surface area contributed by atoms with Crippen molar-refractivity contribution < 1.29 is 9.59 Å². The topological polar surface area (TPSA) is 104 Å². The van der Waals surface area contributed by atoms with E-state index in [1.807, 2.05) is 13.0 Å². The molecule has 0 aliphatic carbocycles. The molecule has 0 bridgehead atoms. The van der Waals surface area contributed by atoms with E-state index in [1.54, 1.807) is 61.1 Å². The minimum Gasteiger partial charge on any atom is -0.307 e. The third-order valence-corrected chi connectivity index (χ3v) is 4.44. The molecule has 0 saturated heterocycles. The molecule has 1 aliphatic heterocycles. The molecule has 9 heteroatoms. The number of pyridine rings is 1. The molecular formula is C23H19N7O2. The van der Waals surface area contributed by atoms with Crippen LogP contribution in [0.5, 0.6) is 0 Å². The molecule has 9 nitrogen and oxygen atoms in total. The van der Waals surface area contributed by atoms with Gasteiger partial charge in [-0.15, -0.1) is 0 Å². The number of nitrogens with one attached hydrogen (secondary N) is 1. The number of nitrogens with zero attached hydrogens (tertiary/aromatic N) is 6. The quantitative estimate of drug-likeness (QED) is 0.672. The maximum Gasteiger partial charge on any atom is 0.297 e. The van der Waals surface area contributed by atoms with Crippen LogP contribution in [0.1, 0.15) is 26.4 Å². The molecular weight excluding hydrogens is 406 g/mol. The Kier molecular flexibility index (Phi) is 6.08. The molecule has 1 N–H and O–H groups in total. The molecule has 0 radical (unpaired) electrons. The van der Waals surface area contributed by atoms with E-state index in [0.29, 0.717) is 17.1 Å². The van der Waals surface area contributed by atoms with Gasteiger partial charge in [-0.25, -0.2) is 25.0 Å². The second-order valence-electron chi connectivity index (χ2n) is 6.76. The summed E-state index contributed by atoms with van der Waals surface area (Å²) in [4.78, 5) is 42.2. The first kappa shape index (κ1) is 20.6. The van der Waals surface area contributed by atoms with Crippen molar-refractivity contribution in [1.82, 2.24) is 20.0 Å². The van der Waals surface area contributed by atoms with Gasteiger partial charge in [0.25, 0.3) is 11.8 Å². The number of hydrazine groups is 1. The van der Waals surface area contributed by atoms with Crippen LogP contribution in [0.25, 0.3) is 0 Å². The average molecular weight is 425 g/mol.